The Hall–Kier alpha value is -3.79. The van der Waals surface area contributed by atoms with Crippen molar-refractivity contribution in [3.05, 3.63) is 78.6 Å². The first-order valence-electron chi connectivity index (χ1n) is 8.82. The zero-order valence-corrected chi connectivity index (χ0v) is 16.7. The highest BCUT2D eigenvalue weighted by molar-refractivity contribution is 7.92. The Bertz CT molecular complexity index is 1140. The van der Waals surface area contributed by atoms with Crippen LogP contribution in [0.3, 0.4) is 0 Å². The van der Waals surface area contributed by atoms with Gasteiger partial charge in [-0.3, -0.25) is 14.8 Å². The van der Waals surface area contributed by atoms with Gasteiger partial charge < -0.3 is 4.74 Å². The fraction of sp³-hybridized carbons (Fsp3) is 0.100. The van der Waals surface area contributed by atoms with Crippen molar-refractivity contribution >= 4 is 33.5 Å². The van der Waals surface area contributed by atoms with Crippen molar-refractivity contribution in [3.63, 3.8) is 0 Å². The zero-order chi connectivity index (χ0) is 21.6. The number of nitrogens with one attached hydrogen (secondary N) is 2. The first kappa shape index (κ1) is 20.9. The first-order valence-corrected chi connectivity index (χ1v) is 10.3. The average molecular weight is 426 g/mol. The SMILES string of the molecule is CC(OC(=O)c1cccc(NS(=O)(=O)c2ccccc2)c1)C(=O)Nc1ncccn1. The van der Waals surface area contributed by atoms with Gasteiger partial charge in [0.25, 0.3) is 15.9 Å². The van der Waals surface area contributed by atoms with Gasteiger partial charge in [0.1, 0.15) is 0 Å². The van der Waals surface area contributed by atoms with Crippen LogP contribution in [0.25, 0.3) is 0 Å². The molecule has 0 aliphatic carbocycles. The third-order valence-electron chi connectivity index (χ3n) is 3.86. The van der Waals surface area contributed by atoms with Gasteiger partial charge in [0, 0.05) is 18.1 Å². The van der Waals surface area contributed by atoms with Gasteiger partial charge in [0.2, 0.25) is 5.95 Å². The van der Waals surface area contributed by atoms with E-state index in [-0.39, 0.29) is 22.1 Å². The number of amides is 1. The Labute approximate surface area is 173 Å². The summed E-state index contributed by atoms with van der Waals surface area (Å²) in [5, 5.41) is 2.43. The molecule has 0 saturated carbocycles. The van der Waals surface area contributed by atoms with Gasteiger partial charge in [-0.25, -0.2) is 23.2 Å². The van der Waals surface area contributed by atoms with Crippen molar-refractivity contribution in [2.45, 2.75) is 17.9 Å². The molecule has 1 aromatic heterocycles. The van der Waals surface area contributed by atoms with Crippen LogP contribution in [-0.4, -0.2) is 36.4 Å². The number of ether oxygens (including phenoxy) is 1. The summed E-state index contributed by atoms with van der Waals surface area (Å²) in [6, 6.07) is 15.2. The Morgan fingerprint density at radius 2 is 1.67 bits per heavy atom. The van der Waals surface area contributed by atoms with E-state index in [2.05, 4.69) is 20.0 Å². The number of anilines is 2. The molecular formula is C20H18N4O5S. The number of hydrogen-bond acceptors (Lipinski definition) is 7. The summed E-state index contributed by atoms with van der Waals surface area (Å²) >= 11 is 0. The van der Waals surface area contributed by atoms with E-state index in [1.807, 2.05) is 0 Å². The molecule has 0 radical (unpaired) electrons. The molecule has 2 aromatic carbocycles. The van der Waals surface area contributed by atoms with Gasteiger partial charge in [-0.15, -0.1) is 0 Å². The number of sulfonamides is 1. The predicted octanol–water partition coefficient (Wildman–Crippen LogP) is 2.46. The molecule has 0 bridgehead atoms. The summed E-state index contributed by atoms with van der Waals surface area (Å²) < 4.78 is 32.4. The summed E-state index contributed by atoms with van der Waals surface area (Å²) in [5.74, 6) is -1.30. The zero-order valence-electron chi connectivity index (χ0n) is 15.8. The number of aromatic nitrogens is 2. The molecule has 154 valence electrons. The second-order valence-corrected chi connectivity index (χ2v) is 7.79. The predicted molar refractivity (Wildman–Crippen MR) is 109 cm³/mol. The van der Waals surface area contributed by atoms with Crippen LogP contribution < -0.4 is 10.0 Å². The van der Waals surface area contributed by atoms with Gasteiger partial charge in [-0.1, -0.05) is 24.3 Å². The third kappa shape index (κ3) is 5.39. The molecule has 3 rings (SSSR count). The number of carbonyl (C=O) groups excluding carboxylic acids is 2. The molecule has 0 spiro atoms. The minimum absolute atomic E-state index is 0.0823. The van der Waals surface area contributed by atoms with E-state index in [0.29, 0.717) is 0 Å². The highest BCUT2D eigenvalue weighted by Gasteiger charge is 2.20. The largest absolute Gasteiger partial charge is 0.449 e. The van der Waals surface area contributed by atoms with Crippen LogP contribution >= 0.6 is 0 Å². The molecule has 30 heavy (non-hydrogen) atoms. The maximum Gasteiger partial charge on any atom is 0.338 e. The lowest BCUT2D eigenvalue weighted by Gasteiger charge is -2.13. The maximum atomic E-state index is 12.4. The summed E-state index contributed by atoms with van der Waals surface area (Å²) in [6.45, 7) is 1.40. The number of esters is 1. The molecule has 10 heteroatoms. The monoisotopic (exact) mass is 426 g/mol. The van der Waals surface area contributed by atoms with Gasteiger partial charge in [0.15, 0.2) is 6.10 Å². The number of benzene rings is 2. The normalized spacial score (nSPS) is 11.9. The molecule has 0 fully saturated rings. The van der Waals surface area contributed by atoms with Crippen LogP contribution in [0, 0.1) is 0 Å². The molecule has 2 N–H and O–H groups in total. The van der Waals surface area contributed by atoms with Crippen molar-refractivity contribution < 1.29 is 22.7 Å². The van der Waals surface area contributed by atoms with Crippen molar-refractivity contribution in [2.75, 3.05) is 10.0 Å². The van der Waals surface area contributed by atoms with Crippen molar-refractivity contribution in [1.29, 1.82) is 0 Å². The van der Waals surface area contributed by atoms with Gasteiger partial charge in [-0.05, 0) is 43.3 Å². The van der Waals surface area contributed by atoms with Crippen LogP contribution in [0.4, 0.5) is 11.6 Å². The highest BCUT2D eigenvalue weighted by atomic mass is 32.2. The molecule has 9 nitrogen and oxygen atoms in total. The van der Waals surface area contributed by atoms with Gasteiger partial charge in [0.05, 0.1) is 10.5 Å². The van der Waals surface area contributed by atoms with Crippen LogP contribution in [0.5, 0.6) is 0 Å². The molecule has 0 aliphatic rings. The Kier molecular flexibility index (Phi) is 6.38. The van der Waals surface area contributed by atoms with Crippen molar-refractivity contribution in [2.24, 2.45) is 0 Å². The summed E-state index contributed by atoms with van der Waals surface area (Å²) in [6.07, 6.45) is 1.80. The van der Waals surface area contributed by atoms with Crippen LogP contribution in [-0.2, 0) is 19.6 Å². The lowest BCUT2D eigenvalue weighted by atomic mass is 10.2. The Balaban J connectivity index is 1.66. The molecule has 1 unspecified atom stereocenters. The lowest BCUT2D eigenvalue weighted by Crippen LogP contribution is -2.30. The van der Waals surface area contributed by atoms with E-state index in [4.69, 9.17) is 4.74 Å². The fourth-order valence-corrected chi connectivity index (χ4v) is 3.45. The minimum atomic E-state index is -3.81. The first-order chi connectivity index (χ1) is 14.3. The summed E-state index contributed by atoms with van der Waals surface area (Å²) in [5.41, 5.74) is 0.266. The van der Waals surface area contributed by atoms with Crippen LogP contribution in [0.2, 0.25) is 0 Å². The number of carbonyl (C=O) groups is 2. The quantitative estimate of drug-likeness (QED) is 0.556. The van der Waals surface area contributed by atoms with Crippen molar-refractivity contribution in [3.8, 4) is 0 Å². The molecule has 0 saturated heterocycles. The number of nitrogens with zero attached hydrogens (tertiary/aromatic N) is 2. The summed E-state index contributed by atoms with van der Waals surface area (Å²) in [7, 11) is -3.81. The molecular weight excluding hydrogens is 408 g/mol. The van der Waals surface area contributed by atoms with E-state index in [1.54, 1.807) is 24.3 Å². The van der Waals surface area contributed by atoms with Gasteiger partial charge >= 0.3 is 5.97 Å². The summed E-state index contributed by atoms with van der Waals surface area (Å²) in [4.78, 5) is 32.3. The maximum absolute atomic E-state index is 12.4. The molecule has 3 aromatic rings. The van der Waals surface area contributed by atoms with E-state index in [1.165, 1.54) is 55.7 Å². The van der Waals surface area contributed by atoms with Crippen molar-refractivity contribution in [1.82, 2.24) is 9.97 Å². The second-order valence-electron chi connectivity index (χ2n) is 6.11. The topological polar surface area (TPSA) is 127 Å². The standard InChI is InChI=1S/C20H18N4O5S/c1-14(18(25)23-20-21-11-6-12-22-20)29-19(26)15-7-5-8-16(13-15)24-30(27,28)17-9-3-2-4-10-17/h2-14,24H,1H3,(H,21,22,23,25). The smallest absolute Gasteiger partial charge is 0.338 e. The molecule has 1 atom stereocenters. The second kappa shape index (κ2) is 9.14. The van der Waals surface area contributed by atoms with E-state index < -0.39 is 28.0 Å². The fourth-order valence-electron chi connectivity index (χ4n) is 2.38. The van der Waals surface area contributed by atoms with E-state index in [0.717, 1.165) is 0 Å². The molecule has 0 aliphatic heterocycles. The molecule has 1 amide bonds. The van der Waals surface area contributed by atoms with E-state index in [9.17, 15) is 18.0 Å². The minimum Gasteiger partial charge on any atom is -0.449 e. The average Bonchev–Trinajstić information content (AvgIpc) is 2.75. The third-order valence-corrected chi connectivity index (χ3v) is 5.26. The number of rotatable bonds is 7. The molecule has 1 heterocycles. The number of hydrogen-bond donors (Lipinski definition) is 2. The van der Waals surface area contributed by atoms with Gasteiger partial charge in [-0.2, -0.15) is 0 Å². The highest BCUT2D eigenvalue weighted by Crippen LogP contribution is 2.18. The van der Waals surface area contributed by atoms with Crippen LogP contribution in [0.1, 0.15) is 17.3 Å². The lowest BCUT2D eigenvalue weighted by molar-refractivity contribution is -0.123. The van der Waals surface area contributed by atoms with Crippen LogP contribution in [0.15, 0.2) is 78.0 Å². The Morgan fingerprint density at radius 1 is 0.967 bits per heavy atom. The van der Waals surface area contributed by atoms with E-state index >= 15 is 0 Å². The Morgan fingerprint density at radius 3 is 2.37 bits per heavy atom.